The molecule has 2 N–H and O–H groups in total. The van der Waals surface area contributed by atoms with E-state index >= 15 is 0 Å². The largest absolute Gasteiger partial charge is 0.402 e. The Balaban J connectivity index is 3.03. The van der Waals surface area contributed by atoms with Crippen LogP contribution in [-0.4, -0.2) is 37.5 Å². The van der Waals surface area contributed by atoms with Crippen LogP contribution in [-0.2, 0) is 10.0 Å². The molecule has 0 heterocycles. The maximum Gasteiger partial charge on any atom is 0.402 e. The Kier molecular flexibility index (Phi) is 4.54. The zero-order chi connectivity index (χ0) is 14.8. The van der Waals surface area contributed by atoms with Crippen LogP contribution in [0.3, 0.4) is 0 Å². The minimum atomic E-state index is -4.60. The van der Waals surface area contributed by atoms with Crippen LogP contribution in [0.2, 0.25) is 0 Å². The molecule has 0 amide bonds. The lowest BCUT2D eigenvalue weighted by Gasteiger charge is -2.18. The molecule has 0 atom stereocenters. The zero-order valence-electron chi connectivity index (χ0n) is 9.81. The summed E-state index contributed by atoms with van der Waals surface area (Å²) in [6.45, 7) is -1.55. The SMILES string of the molecule is CN(CC(F)(F)F)S(=O)(=O)c1ccc(C(N)=S)cc1. The summed E-state index contributed by atoms with van der Waals surface area (Å²) in [5, 5.41) is 0. The Morgan fingerprint density at radius 2 is 1.79 bits per heavy atom. The van der Waals surface area contributed by atoms with Crippen LogP contribution in [0.1, 0.15) is 5.56 Å². The zero-order valence-corrected chi connectivity index (χ0v) is 11.4. The van der Waals surface area contributed by atoms with Gasteiger partial charge in [0, 0.05) is 12.6 Å². The molecule has 0 saturated heterocycles. The van der Waals surface area contributed by atoms with Gasteiger partial charge >= 0.3 is 6.18 Å². The van der Waals surface area contributed by atoms with E-state index in [1.54, 1.807) is 0 Å². The fraction of sp³-hybridized carbons (Fsp3) is 0.300. The van der Waals surface area contributed by atoms with Crippen molar-refractivity contribution in [2.45, 2.75) is 11.1 Å². The van der Waals surface area contributed by atoms with Crippen molar-refractivity contribution in [2.24, 2.45) is 5.73 Å². The van der Waals surface area contributed by atoms with Gasteiger partial charge in [0.05, 0.1) is 4.90 Å². The number of hydrogen-bond donors (Lipinski definition) is 1. The minimum absolute atomic E-state index is 0.0765. The van der Waals surface area contributed by atoms with Gasteiger partial charge in [-0.3, -0.25) is 0 Å². The molecule has 106 valence electrons. The van der Waals surface area contributed by atoms with E-state index in [-0.39, 0.29) is 14.2 Å². The summed E-state index contributed by atoms with van der Waals surface area (Å²) in [6.07, 6.45) is -4.60. The Labute approximate surface area is 114 Å². The van der Waals surface area contributed by atoms with Gasteiger partial charge < -0.3 is 5.73 Å². The standard InChI is InChI=1S/C10H11F3N2O2S2/c1-15(6-10(11,12)13)19(16,17)8-4-2-7(3-5-8)9(14)18/h2-5H,6H2,1H3,(H2,14,18). The minimum Gasteiger partial charge on any atom is -0.389 e. The van der Waals surface area contributed by atoms with Crippen LogP contribution in [0, 0.1) is 0 Å². The molecule has 9 heteroatoms. The monoisotopic (exact) mass is 312 g/mol. The van der Waals surface area contributed by atoms with Gasteiger partial charge in [-0.15, -0.1) is 0 Å². The maximum atomic E-state index is 12.2. The summed E-state index contributed by atoms with van der Waals surface area (Å²) in [4.78, 5) is -0.174. The molecule has 0 unspecified atom stereocenters. The van der Waals surface area contributed by atoms with E-state index in [1.807, 2.05) is 0 Å². The maximum absolute atomic E-state index is 12.2. The number of halogens is 3. The van der Waals surface area contributed by atoms with Crippen LogP contribution >= 0.6 is 12.2 Å². The first kappa shape index (κ1) is 15.9. The Morgan fingerprint density at radius 3 is 2.16 bits per heavy atom. The molecule has 1 aromatic carbocycles. The Hall–Kier alpha value is -1.19. The van der Waals surface area contributed by atoms with E-state index in [9.17, 15) is 21.6 Å². The molecular weight excluding hydrogens is 301 g/mol. The van der Waals surface area contributed by atoms with Crippen molar-refractivity contribution < 1.29 is 21.6 Å². The predicted molar refractivity (Wildman–Crippen MR) is 68.2 cm³/mol. The van der Waals surface area contributed by atoms with E-state index in [4.69, 9.17) is 18.0 Å². The van der Waals surface area contributed by atoms with Crippen LogP contribution in [0.15, 0.2) is 29.2 Å². The van der Waals surface area contributed by atoms with Gasteiger partial charge in [0.2, 0.25) is 10.0 Å². The summed E-state index contributed by atoms with van der Waals surface area (Å²) >= 11 is 4.69. The molecule has 0 spiro atoms. The number of benzene rings is 1. The summed E-state index contributed by atoms with van der Waals surface area (Å²) in [7, 11) is -3.32. The van der Waals surface area contributed by atoms with Crippen molar-refractivity contribution in [2.75, 3.05) is 13.6 Å². The molecule has 0 aliphatic rings. The van der Waals surface area contributed by atoms with Gasteiger partial charge in [-0.1, -0.05) is 24.4 Å². The third-order valence-corrected chi connectivity index (χ3v) is 4.30. The first-order valence-electron chi connectivity index (χ1n) is 4.97. The van der Waals surface area contributed by atoms with E-state index in [0.717, 1.165) is 19.2 Å². The number of rotatable bonds is 4. The van der Waals surface area contributed by atoms with E-state index in [1.165, 1.54) is 12.1 Å². The van der Waals surface area contributed by atoms with Crippen molar-refractivity contribution in [1.82, 2.24) is 4.31 Å². The van der Waals surface area contributed by atoms with Gasteiger partial charge in [0.15, 0.2) is 0 Å². The van der Waals surface area contributed by atoms with E-state index < -0.39 is 22.7 Å². The molecule has 0 radical (unpaired) electrons. The molecule has 0 fully saturated rings. The Bertz CT molecular complexity index is 567. The molecule has 19 heavy (non-hydrogen) atoms. The molecule has 1 rings (SSSR count). The highest BCUT2D eigenvalue weighted by Gasteiger charge is 2.34. The average Bonchev–Trinajstić information content (AvgIpc) is 2.26. The molecule has 0 aliphatic carbocycles. The number of nitrogens with zero attached hydrogens (tertiary/aromatic N) is 1. The van der Waals surface area contributed by atoms with Crippen LogP contribution in [0.5, 0.6) is 0 Å². The van der Waals surface area contributed by atoms with Crippen molar-refractivity contribution >= 4 is 27.2 Å². The molecule has 0 saturated carbocycles. The van der Waals surface area contributed by atoms with E-state index in [2.05, 4.69) is 0 Å². The van der Waals surface area contributed by atoms with Gasteiger partial charge in [-0.2, -0.15) is 17.5 Å². The van der Waals surface area contributed by atoms with Crippen molar-refractivity contribution in [3.8, 4) is 0 Å². The number of sulfonamides is 1. The van der Waals surface area contributed by atoms with Crippen molar-refractivity contribution in [3.63, 3.8) is 0 Å². The first-order valence-corrected chi connectivity index (χ1v) is 6.82. The normalized spacial score (nSPS) is 12.7. The molecule has 0 bridgehead atoms. The molecule has 0 aliphatic heterocycles. The summed E-state index contributed by atoms with van der Waals surface area (Å²) < 4.78 is 60.5. The van der Waals surface area contributed by atoms with Crippen LogP contribution in [0.4, 0.5) is 13.2 Å². The molecule has 0 aromatic heterocycles. The highest BCUT2D eigenvalue weighted by Crippen LogP contribution is 2.21. The van der Waals surface area contributed by atoms with Crippen molar-refractivity contribution in [1.29, 1.82) is 0 Å². The molecule has 4 nitrogen and oxygen atoms in total. The lowest BCUT2D eigenvalue weighted by atomic mass is 10.2. The van der Waals surface area contributed by atoms with Gasteiger partial charge in [0.1, 0.15) is 11.5 Å². The highest BCUT2D eigenvalue weighted by atomic mass is 32.2. The lowest BCUT2D eigenvalue weighted by molar-refractivity contribution is -0.134. The topological polar surface area (TPSA) is 63.4 Å². The Morgan fingerprint density at radius 1 is 1.32 bits per heavy atom. The van der Waals surface area contributed by atoms with Crippen molar-refractivity contribution in [3.05, 3.63) is 29.8 Å². The fourth-order valence-corrected chi connectivity index (χ4v) is 2.60. The summed E-state index contributed by atoms with van der Waals surface area (Å²) in [6, 6.07) is 5.01. The number of thiocarbonyl (C=S) groups is 1. The highest BCUT2D eigenvalue weighted by molar-refractivity contribution is 7.89. The van der Waals surface area contributed by atoms with Crippen LogP contribution < -0.4 is 5.73 Å². The predicted octanol–water partition coefficient (Wildman–Crippen LogP) is 1.50. The summed E-state index contributed by atoms with van der Waals surface area (Å²) in [5.74, 6) is 0. The van der Waals surface area contributed by atoms with Gasteiger partial charge in [-0.05, 0) is 12.1 Å². The van der Waals surface area contributed by atoms with Crippen LogP contribution in [0.25, 0.3) is 0 Å². The van der Waals surface area contributed by atoms with Gasteiger partial charge in [-0.25, -0.2) is 8.42 Å². The number of alkyl halides is 3. The third kappa shape index (κ3) is 4.15. The second-order valence-corrected chi connectivity index (χ2v) is 6.25. The fourth-order valence-electron chi connectivity index (χ4n) is 1.31. The molecule has 1 aromatic rings. The summed E-state index contributed by atoms with van der Waals surface area (Å²) in [5.41, 5.74) is 5.78. The third-order valence-electron chi connectivity index (χ3n) is 2.25. The number of nitrogens with two attached hydrogens (primary N) is 1. The number of hydrogen-bond acceptors (Lipinski definition) is 3. The quantitative estimate of drug-likeness (QED) is 0.856. The molecular formula is C10H11F3N2O2S2. The second kappa shape index (κ2) is 5.43. The first-order chi connectivity index (χ1) is 8.54. The van der Waals surface area contributed by atoms with E-state index in [0.29, 0.717) is 5.56 Å². The smallest absolute Gasteiger partial charge is 0.389 e. The lowest BCUT2D eigenvalue weighted by Crippen LogP contribution is -2.35. The average molecular weight is 312 g/mol. The second-order valence-electron chi connectivity index (χ2n) is 3.76. The van der Waals surface area contributed by atoms with Gasteiger partial charge in [0.25, 0.3) is 0 Å².